The maximum Gasteiger partial charge on any atom is 0.288 e. The van der Waals surface area contributed by atoms with E-state index in [0.29, 0.717) is 17.4 Å². The van der Waals surface area contributed by atoms with Crippen LogP contribution in [0.3, 0.4) is 0 Å². The van der Waals surface area contributed by atoms with Crippen molar-refractivity contribution >= 4 is 18.0 Å². The van der Waals surface area contributed by atoms with E-state index >= 15 is 0 Å². The summed E-state index contributed by atoms with van der Waals surface area (Å²) in [6.45, 7) is 4.16. The van der Waals surface area contributed by atoms with Gasteiger partial charge in [0.15, 0.2) is 0 Å². The average molecular weight is 384 g/mol. The summed E-state index contributed by atoms with van der Waals surface area (Å²) < 4.78 is 12.6. The highest BCUT2D eigenvalue weighted by atomic mass is 32.1. The van der Waals surface area contributed by atoms with E-state index in [1.165, 1.54) is 0 Å². The van der Waals surface area contributed by atoms with Crippen LogP contribution in [0.2, 0.25) is 0 Å². The van der Waals surface area contributed by atoms with Crippen molar-refractivity contribution < 1.29 is 9.15 Å². The standard InChI is InChI=1S/C18H20N6O2S/c1-25-15-4-2-14(3-5-15)17-21-24(18(27)26-17)13-22-8-10-23(11-9-22)16-12-19-6-7-20-16/h2-7,12H,8-11,13H2,1H3. The fraction of sp³-hybridized carbons (Fsp3) is 0.333. The molecule has 1 aliphatic rings. The van der Waals surface area contributed by atoms with Crippen LogP contribution < -0.4 is 9.64 Å². The normalized spacial score (nSPS) is 15.1. The molecule has 4 rings (SSSR count). The number of rotatable bonds is 5. The Morgan fingerprint density at radius 3 is 2.56 bits per heavy atom. The molecule has 3 aromatic rings. The Labute approximate surface area is 162 Å². The summed E-state index contributed by atoms with van der Waals surface area (Å²) >= 11 is 5.34. The third-order valence-electron chi connectivity index (χ3n) is 4.52. The van der Waals surface area contributed by atoms with E-state index in [1.807, 2.05) is 24.3 Å². The third kappa shape index (κ3) is 3.99. The molecule has 0 N–H and O–H groups in total. The van der Waals surface area contributed by atoms with Gasteiger partial charge in [-0.25, -0.2) is 9.67 Å². The monoisotopic (exact) mass is 384 g/mol. The van der Waals surface area contributed by atoms with Gasteiger partial charge in [0.25, 0.3) is 4.84 Å². The van der Waals surface area contributed by atoms with Crippen LogP contribution in [0.4, 0.5) is 5.82 Å². The minimum atomic E-state index is 0.372. The lowest BCUT2D eigenvalue weighted by Crippen LogP contribution is -2.47. The van der Waals surface area contributed by atoms with E-state index in [-0.39, 0.29) is 0 Å². The van der Waals surface area contributed by atoms with Crippen LogP contribution in [0, 0.1) is 4.84 Å². The maximum absolute atomic E-state index is 5.68. The van der Waals surface area contributed by atoms with Crippen molar-refractivity contribution in [1.82, 2.24) is 24.6 Å². The van der Waals surface area contributed by atoms with Gasteiger partial charge in [-0.2, -0.15) is 0 Å². The van der Waals surface area contributed by atoms with Crippen LogP contribution >= 0.6 is 12.2 Å². The highest BCUT2D eigenvalue weighted by molar-refractivity contribution is 7.71. The molecule has 0 unspecified atom stereocenters. The minimum Gasteiger partial charge on any atom is -0.497 e. The summed E-state index contributed by atoms with van der Waals surface area (Å²) in [4.78, 5) is 13.4. The van der Waals surface area contributed by atoms with Crippen LogP contribution in [0.5, 0.6) is 5.75 Å². The van der Waals surface area contributed by atoms with Gasteiger partial charge in [0.1, 0.15) is 11.6 Å². The van der Waals surface area contributed by atoms with E-state index in [2.05, 4.69) is 24.9 Å². The van der Waals surface area contributed by atoms with E-state index < -0.39 is 0 Å². The second-order valence-corrected chi connectivity index (χ2v) is 6.56. The molecule has 3 heterocycles. The molecule has 0 aliphatic carbocycles. The average Bonchev–Trinajstić information content (AvgIpc) is 3.09. The molecule has 0 spiro atoms. The summed E-state index contributed by atoms with van der Waals surface area (Å²) in [5, 5.41) is 4.53. The molecule has 0 bridgehead atoms. The zero-order chi connectivity index (χ0) is 18.6. The Bertz CT molecular complexity index is 932. The van der Waals surface area contributed by atoms with Crippen molar-refractivity contribution in [3.05, 3.63) is 47.7 Å². The minimum absolute atomic E-state index is 0.372. The first-order valence-electron chi connectivity index (χ1n) is 8.68. The zero-order valence-electron chi connectivity index (χ0n) is 15.0. The van der Waals surface area contributed by atoms with E-state index in [0.717, 1.165) is 43.3 Å². The quantitative estimate of drug-likeness (QED) is 0.621. The summed E-state index contributed by atoms with van der Waals surface area (Å²) in [6, 6.07) is 7.56. The van der Waals surface area contributed by atoms with Gasteiger partial charge in [0.2, 0.25) is 5.89 Å². The van der Waals surface area contributed by atoms with Gasteiger partial charge in [0, 0.05) is 44.1 Å². The molecule has 9 heteroatoms. The molecule has 2 aromatic heterocycles. The Balaban J connectivity index is 1.40. The molecular weight excluding hydrogens is 364 g/mol. The molecule has 1 fully saturated rings. The molecule has 0 atom stereocenters. The summed E-state index contributed by atoms with van der Waals surface area (Å²) in [5.41, 5.74) is 0.869. The van der Waals surface area contributed by atoms with Gasteiger partial charge in [-0.15, -0.1) is 5.10 Å². The molecule has 1 aliphatic heterocycles. The number of methoxy groups -OCH3 is 1. The number of hydrogen-bond acceptors (Lipinski definition) is 8. The van der Waals surface area contributed by atoms with Crippen molar-refractivity contribution in [3.63, 3.8) is 0 Å². The van der Waals surface area contributed by atoms with Crippen molar-refractivity contribution in [2.24, 2.45) is 0 Å². The predicted molar refractivity (Wildman–Crippen MR) is 103 cm³/mol. The molecule has 0 amide bonds. The number of ether oxygens (including phenoxy) is 1. The van der Waals surface area contributed by atoms with Crippen molar-refractivity contribution in [3.8, 4) is 17.2 Å². The Morgan fingerprint density at radius 1 is 1.11 bits per heavy atom. The molecule has 1 saturated heterocycles. The molecular formula is C18H20N6O2S. The van der Waals surface area contributed by atoms with Gasteiger partial charge in [-0.05, 0) is 36.5 Å². The van der Waals surface area contributed by atoms with Crippen LogP contribution in [0.25, 0.3) is 11.5 Å². The third-order valence-corrected chi connectivity index (χ3v) is 4.82. The summed E-state index contributed by atoms with van der Waals surface area (Å²) in [7, 11) is 1.64. The topological polar surface area (TPSA) is 72.5 Å². The molecule has 27 heavy (non-hydrogen) atoms. The van der Waals surface area contributed by atoms with Gasteiger partial charge >= 0.3 is 0 Å². The van der Waals surface area contributed by atoms with Crippen molar-refractivity contribution in [1.29, 1.82) is 0 Å². The predicted octanol–water partition coefficient (Wildman–Crippen LogP) is 2.45. The fourth-order valence-corrected chi connectivity index (χ4v) is 3.19. The first kappa shape index (κ1) is 17.6. The number of anilines is 1. The van der Waals surface area contributed by atoms with Gasteiger partial charge < -0.3 is 14.1 Å². The van der Waals surface area contributed by atoms with E-state index in [4.69, 9.17) is 21.4 Å². The molecule has 0 radical (unpaired) electrons. The van der Waals surface area contributed by atoms with E-state index in [1.54, 1.807) is 30.4 Å². The van der Waals surface area contributed by atoms with Crippen molar-refractivity contribution in [2.45, 2.75) is 6.67 Å². The number of benzene rings is 1. The molecule has 1 aromatic carbocycles. The number of nitrogens with zero attached hydrogens (tertiary/aromatic N) is 6. The van der Waals surface area contributed by atoms with Crippen LogP contribution in [-0.2, 0) is 6.67 Å². The van der Waals surface area contributed by atoms with Crippen LogP contribution in [0.15, 0.2) is 47.3 Å². The largest absolute Gasteiger partial charge is 0.497 e. The molecule has 8 nitrogen and oxygen atoms in total. The van der Waals surface area contributed by atoms with Gasteiger partial charge in [-0.1, -0.05) is 0 Å². The Hall–Kier alpha value is -2.78. The zero-order valence-corrected chi connectivity index (χ0v) is 15.8. The van der Waals surface area contributed by atoms with Crippen LogP contribution in [-0.4, -0.2) is 57.9 Å². The van der Waals surface area contributed by atoms with Gasteiger partial charge in [-0.3, -0.25) is 9.88 Å². The Kier molecular flexibility index (Phi) is 5.12. The highest BCUT2D eigenvalue weighted by Crippen LogP contribution is 2.21. The lowest BCUT2D eigenvalue weighted by molar-refractivity contribution is 0.192. The second-order valence-electron chi connectivity index (χ2n) is 6.21. The van der Waals surface area contributed by atoms with Crippen molar-refractivity contribution in [2.75, 3.05) is 38.2 Å². The number of aromatic nitrogens is 4. The van der Waals surface area contributed by atoms with Gasteiger partial charge in [0.05, 0.1) is 20.0 Å². The Morgan fingerprint density at radius 2 is 1.89 bits per heavy atom. The SMILES string of the molecule is COc1ccc(-c2nn(CN3CCN(c4cnccn4)CC3)c(=S)o2)cc1. The lowest BCUT2D eigenvalue weighted by atomic mass is 10.2. The lowest BCUT2D eigenvalue weighted by Gasteiger charge is -2.34. The highest BCUT2D eigenvalue weighted by Gasteiger charge is 2.19. The second kappa shape index (κ2) is 7.85. The number of piperazine rings is 1. The fourth-order valence-electron chi connectivity index (χ4n) is 3.01. The van der Waals surface area contributed by atoms with E-state index in [9.17, 15) is 0 Å². The molecule has 140 valence electrons. The first-order valence-corrected chi connectivity index (χ1v) is 9.09. The first-order chi connectivity index (χ1) is 13.2. The van der Waals surface area contributed by atoms with Crippen LogP contribution in [0.1, 0.15) is 0 Å². The maximum atomic E-state index is 5.68. The summed E-state index contributed by atoms with van der Waals surface area (Å²) in [5.74, 6) is 2.22. The summed E-state index contributed by atoms with van der Waals surface area (Å²) in [6.07, 6.45) is 5.20. The molecule has 0 saturated carbocycles. The smallest absolute Gasteiger partial charge is 0.288 e. The number of hydrogen-bond donors (Lipinski definition) is 0.